The number of amides is 1. The zero-order valence-electron chi connectivity index (χ0n) is 14.6. The third-order valence-corrected chi connectivity index (χ3v) is 5.40. The van der Waals surface area contributed by atoms with Gasteiger partial charge in [0.05, 0.1) is 17.4 Å². The van der Waals surface area contributed by atoms with E-state index < -0.39 is 33.4 Å². The lowest BCUT2D eigenvalue weighted by atomic mass is 10.1. The lowest BCUT2D eigenvalue weighted by Crippen LogP contribution is -2.34. The Morgan fingerprint density at radius 1 is 1.19 bits per heavy atom. The molecule has 1 aliphatic rings. The SMILES string of the molecule is CC(CS(=O)(=O)Nc1cccc(F)c1)C(=O)NCc1ccc2c(c1)OCO2. The zero-order valence-corrected chi connectivity index (χ0v) is 15.4. The summed E-state index contributed by atoms with van der Waals surface area (Å²) in [5, 5.41) is 2.70. The predicted octanol–water partition coefficient (Wildman–Crippen LogP) is 2.25. The number of benzene rings is 2. The van der Waals surface area contributed by atoms with Crippen LogP contribution in [0, 0.1) is 11.7 Å². The summed E-state index contributed by atoms with van der Waals surface area (Å²) in [5.41, 5.74) is 0.920. The Bertz CT molecular complexity index is 949. The largest absolute Gasteiger partial charge is 0.454 e. The number of hydrogen-bond donors (Lipinski definition) is 2. The first-order valence-electron chi connectivity index (χ1n) is 8.25. The number of anilines is 1. The van der Waals surface area contributed by atoms with Gasteiger partial charge in [-0.1, -0.05) is 19.1 Å². The average molecular weight is 394 g/mol. The maximum atomic E-state index is 13.2. The second-order valence-corrected chi connectivity index (χ2v) is 7.97. The van der Waals surface area contributed by atoms with Crippen molar-refractivity contribution in [1.82, 2.24) is 5.32 Å². The first-order valence-corrected chi connectivity index (χ1v) is 9.90. The van der Waals surface area contributed by atoms with Gasteiger partial charge in [0.25, 0.3) is 0 Å². The molecule has 144 valence electrons. The fourth-order valence-corrected chi connectivity index (χ4v) is 3.97. The van der Waals surface area contributed by atoms with E-state index in [4.69, 9.17) is 9.47 Å². The van der Waals surface area contributed by atoms with Crippen molar-refractivity contribution >= 4 is 21.6 Å². The van der Waals surface area contributed by atoms with Crippen LogP contribution in [-0.4, -0.2) is 26.9 Å². The Balaban J connectivity index is 1.53. The molecule has 0 aromatic heterocycles. The van der Waals surface area contributed by atoms with Crippen molar-refractivity contribution in [3.05, 3.63) is 53.8 Å². The molecule has 0 radical (unpaired) electrons. The zero-order chi connectivity index (χ0) is 19.4. The lowest BCUT2D eigenvalue weighted by Gasteiger charge is -2.14. The molecule has 0 saturated heterocycles. The molecule has 1 atom stereocenters. The fraction of sp³-hybridized carbons (Fsp3) is 0.278. The van der Waals surface area contributed by atoms with Gasteiger partial charge in [0, 0.05) is 6.54 Å². The van der Waals surface area contributed by atoms with Crippen LogP contribution >= 0.6 is 0 Å². The molecule has 1 heterocycles. The van der Waals surface area contributed by atoms with Crippen molar-refractivity contribution < 1.29 is 27.1 Å². The maximum Gasteiger partial charge on any atom is 0.233 e. The molecule has 0 spiro atoms. The van der Waals surface area contributed by atoms with Gasteiger partial charge in [-0.3, -0.25) is 9.52 Å². The van der Waals surface area contributed by atoms with Crippen LogP contribution in [0.15, 0.2) is 42.5 Å². The van der Waals surface area contributed by atoms with Gasteiger partial charge in [-0.15, -0.1) is 0 Å². The maximum absolute atomic E-state index is 13.2. The number of ether oxygens (including phenoxy) is 2. The number of carbonyl (C=O) groups excluding carboxylic acids is 1. The molecule has 27 heavy (non-hydrogen) atoms. The third-order valence-electron chi connectivity index (χ3n) is 3.92. The van der Waals surface area contributed by atoms with Crippen LogP contribution in [-0.2, 0) is 21.4 Å². The highest BCUT2D eigenvalue weighted by molar-refractivity contribution is 7.92. The van der Waals surface area contributed by atoms with E-state index in [1.54, 1.807) is 18.2 Å². The van der Waals surface area contributed by atoms with Crippen LogP contribution in [0.3, 0.4) is 0 Å². The Kier molecular flexibility index (Phi) is 5.50. The molecule has 9 heteroatoms. The van der Waals surface area contributed by atoms with Crippen LogP contribution in [0.25, 0.3) is 0 Å². The minimum absolute atomic E-state index is 0.114. The van der Waals surface area contributed by atoms with Crippen molar-refractivity contribution in [1.29, 1.82) is 0 Å². The molecule has 1 amide bonds. The van der Waals surface area contributed by atoms with E-state index in [2.05, 4.69) is 10.0 Å². The van der Waals surface area contributed by atoms with Gasteiger partial charge in [0.2, 0.25) is 22.7 Å². The van der Waals surface area contributed by atoms with Crippen LogP contribution in [0.2, 0.25) is 0 Å². The van der Waals surface area contributed by atoms with Crippen molar-refractivity contribution in [2.45, 2.75) is 13.5 Å². The van der Waals surface area contributed by atoms with Crippen LogP contribution in [0.5, 0.6) is 11.5 Å². The molecule has 7 nitrogen and oxygen atoms in total. The van der Waals surface area contributed by atoms with Gasteiger partial charge in [0.15, 0.2) is 11.5 Å². The summed E-state index contributed by atoms with van der Waals surface area (Å²) in [7, 11) is -3.80. The van der Waals surface area contributed by atoms with Gasteiger partial charge in [-0.2, -0.15) is 0 Å². The second-order valence-electron chi connectivity index (χ2n) is 6.20. The molecular formula is C18H19FN2O5S. The van der Waals surface area contributed by atoms with E-state index in [1.165, 1.54) is 25.1 Å². The summed E-state index contributed by atoms with van der Waals surface area (Å²) in [6.45, 7) is 1.91. The van der Waals surface area contributed by atoms with Gasteiger partial charge in [-0.05, 0) is 35.9 Å². The van der Waals surface area contributed by atoms with Crippen LogP contribution in [0.4, 0.5) is 10.1 Å². The number of carbonyl (C=O) groups is 1. The molecule has 1 unspecified atom stereocenters. The minimum atomic E-state index is -3.80. The summed E-state index contributed by atoms with van der Waals surface area (Å²) >= 11 is 0. The highest BCUT2D eigenvalue weighted by Crippen LogP contribution is 2.32. The van der Waals surface area contributed by atoms with Crippen molar-refractivity contribution in [3.63, 3.8) is 0 Å². The Hall–Kier alpha value is -2.81. The summed E-state index contributed by atoms with van der Waals surface area (Å²) in [5.74, 6) is -0.909. The molecule has 2 aromatic rings. The van der Waals surface area contributed by atoms with E-state index in [9.17, 15) is 17.6 Å². The van der Waals surface area contributed by atoms with Crippen molar-refractivity contribution in [2.24, 2.45) is 5.92 Å². The summed E-state index contributed by atoms with van der Waals surface area (Å²) in [6.07, 6.45) is 0. The lowest BCUT2D eigenvalue weighted by molar-refractivity contribution is -0.124. The minimum Gasteiger partial charge on any atom is -0.454 e. The van der Waals surface area contributed by atoms with E-state index in [1.807, 2.05) is 0 Å². The van der Waals surface area contributed by atoms with Crippen LogP contribution < -0.4 is 19.5 Å². The normalized spacial score (nSPS) is 13.9. The average Bonchev–Trinajstić information content (AvgIpc) is 3.06. The van der Waals surface area contributed by atoms with Gasteiger partial charge < -0.3 is 14.8 Å². The smallest absolute Gasteiger partial charge is 0.233 e. The third kappa shape index (κ3) is 5.10. The molecule has 1 aliphatic heterocycles. The number of fused-ring (bicyclic) bond motifs is 1. The molecule has 0 saturated carbocycles. The summed E-state index contributed by atoms with van der Waals surface area (Å²) in [6, 6.07) is 10.4. The highest BCUT2D eigenvalue weighted by Gasteiger charge is 2.22. The van der Waals surface area contributed by atoms with Crippen molar-refractivity contribution in [2.75, 3.05) is 17.3 Å². The first-order chi connectivity index (χ1) is 12.8. The fourth-order valence-electron chi connectivity index (χ4n) is 2.59. The predicted molar refractivity (Wildman–Crippen MR) is 97.4 cm³/mol. The standard InChI is InChI=1S/C18H19FN2O5S/c1-12(10-27(23,24)21-15-4-2-3-14(19)8-15)18(22)20-9-13-5-6-16-17(7-13)26-11-25-16/h2-8,12,21H,9-11H2,1H3,(H,20,22). The molecule has 3 rings (SSSR count). The number of sulfonamides is 1. The Morgan fingerprint density at radius 2 is 1.96 bits per heavy atom. The van der Waals surface area contributed by atoms with E-state index in [0.29, 0.717) is 11.5 Å². The molecule has 2 aromatic carbocycles. The Labute approximate surface area is 156 Å². The molecule has 0 fully saturated rings. The molecular weight excluding hydrogens is 375 g/mol. The van der Waals surface area contributed by atoms with Gasteiger partial charge in [-0.25, -0.2) is 12.8 Å². The highest BCUT2D eigenvalue weighted by atomic mass is 32.2. The number of nitrogens with one attached hydrogen (secondary N) is 2. The topological polar surface area (TPSA) is 93.7 Å². The van der Waals surface area contributed by atoms with Crippen LogP contribution in [0.1, 0.15) is 12.5 Å². The van der Waals surface area contributed by atoms with Gasteiger partial charge >= 0.3 is 0 Å². The summed E-state index contributed by atoms with van der Waals surface area (Å²) < 4.78 is 50.3. The van der Waals surface area contributed by atoms with E-state index in [-0.39, 0.29) is 19.0 Å². The summed E-state index contributed by atoms with van der Waals surface area (Å²) in [4.78, 5) is 12.2. The van der Waals surface area contributed by atoms with Gasteiger partial charge in [0.1, 0.15) is 5.82 Å². The second kappa shape index (κ2) is 7.83. The quantitative estimate of drug-likeness (QED) is 0.751. The number of rotatable bonds is 7. The molecule has 2 N–H and O–H groups in total. The van der Waals surface area contributed by atoms with E-state index >= 15 is 0 Å². The molecule has 0 bridgehead atoms. The number of halogens is 1. The van der Waals surface area contributed by atoms with E-state index in [0.717, 1.165) is 11.6 Å². The van der Waals surface area contributed by atoms with Crippen molar-refractivity contribution in [3.8, 4) is 11.5 Å². The number of hydrogen-bond acceptors (Lipinski definition) is 5. The first kappa shape index (κ1) is 19.0. The molecule has 0 aliphatic carbocycles. The Morgan fingerprint density at radius 3 is 2.74 bits per heavy atom. The monoisotopic (exact) mass is 394 g/mol.